The smallest absolute Gasteiger partial charge is 0.0791 e. The van der Waals surface area contributed by atoms with E-state index in [-0.39, 0.29) is 0 Å². The van der Waals surface area contributed by atoms with Gasteiger partial charge in [0, 0.05) is 16.5 Å². The molecule has 1 spiro atoms. The summed E-state index contributed by atoms with van der Waals surface area (Å²) in [6, 6.07) is 55.2. The van der Waals surface area contributed by atoms with Crippen molar-refractivity contribution in [1.29, 1.82) is 0 Å². The molecule has 2 aliphatic carbocycles. The van der Waals surface area contributed by atoms with Crippen molar-refractivity contribution in [2.45, 2.75) is 5.41 Å². The van der Waals surface area contributed by atoms with Gasteiger partial charge in [-0.2, -0.15) is 0 Å². The number of rotatable bonds is 2. The van der Waals surface area contributed by atoms with Crippen LogP contribution in [0.1, 0.15) is 22.3 Å². The number of benzene rings is 6. The highest BCUT2D eigenvalue weighted by Gasteiger charge is 2.53. The molecule has 1 aromatic heterocycles. The summed E-state index contributed by atoms with van der Waals surface area (Å²) in [5.74, 6) is 0. The topological polar surface area (TPSA) is 12.9 Å². The Morgan fingerprint density at radius 3 is 1.56 bits per heavy atom. The maximum absolute atomic E-state index is 5.38. The van der Waals surface area contributed by atoms with Crippen molar-refractivity contribution in [2.24, 2.45) is 0 Å². The first-order valence-electron chi connectivity index (χ1n) is 14.2. The van der Waals surface area contributed by atoms with Crippen molar-refractivity contribution in [3.05, 3.63) is 174 Å². The highest BCUT2D eigenvalue weighted by atomic mass is 14.7. The predicted octanol–water partition coefficient (Wildman–Crippen LogP) is 9.91. The quantitative estimate of drug-likeness (QED) is 0.221. The van der Waals surface area contributed by atoms with E-state index < -0.39 is 5.41 Å². The Morgan fingerprint density at radius 2 is 0.878 bits per heavy atom. The number of aromatic nitrogens is 1. The second-order valence-corrected chi connectivity index (χ2v) is 11.1. The van der Waals surface area contributed by atoms with E-state index in [4.69, 9.17) is 4.98 Å². The zero-order chi connectivity index (χ0) is 27.0. The Kier molecular flexibility index (Phi) is 4.60. The van der Waals surface area contributed by atoms with Gasteiger partial charge in [-0.15, -0.1) is 0 Å². The molecule has 7 aromatic rings. The Balaban J connectivity index is 1.42. The first-order valence-corrected chi connectivity index (χ1v) is 14.2. The molecule has 0 aliphatic heterocycles. The molecular weight excluding hydrogens is 494 g/mol. The van der Waals surface area contributed by atoms with Gasteiger partial charge >= 0.3 is 0 Å². The molecular formula is C40H25N. The minimum atomic E-state index is -0.402. The molecule has 1 nitrogen and oxygen atoms in total. The molecule has 9 rings (SSSR count). The van der Waals surface area contributed by atoms with E-state index in [0.717, 1.165) is 16.8 Å². The van der Waals surface area contributed by atoms with Gasteiger partial charge in [0.15, 0.2) is 0 Å². The van der Waals surface area contributed by atoms with Crippen molar-refractivity contribution in [3.8, 4) is 44.6 Å². The number of fused-ring (bicyclic) bond motifs is 12. The molecule has 0 fully saturated rings. The maximum atomic E-state index is 5.38. The highest BCUT2D eigenvalue weighted by molar-refractivity contribution is 6.06. The average molecular weight is 520 g/mol. The van der Waals surface area contributed by atoms with Crippen molar-refractivity contribution in [2.75, 3.05) is 0 Å². The Morgan fingerprint density at radius 1 is 0.390 bits per heavy atom. The molecule has 0 unspecified atom stereocenters. The van der Waals surface area contributed by atoms with Crippen LogP contribution in [-0.4, -0.2) is 4.98 Å². The minimum absolute atomic E-state index is 0.402. The zero-order valence-corrected chi connectivity index (χ0v) is 22.4. The van der Waals surface area contributed by atoms with Crippen LogP contribution in [-0.2, 0) is 5.41 Å². The first-order chi connectivity index (χ1) is 20.4. The third-order valence-electron chi connectivity index (χ3n) is 9.09. The summed E-state index contributed by atoms with van der Waals surface area (Å²) in [4.78, 5) is 5.38. The summed E-state index contributed by atoms with van der Waals surface area (Å²) in [5, 5.41) is 1.22. The van der Waals surface area contributed by atoms with Crippen molar-refractivity contribution >= 4 is 10.9 Å². The molecule has 6 aromatic carbocycles. The van der Waals surface area contributed by atoms with Gasteiger partial charge in [0.25, 0.3) is 0 Å². The van der Waals surface area contributed by atoms with Gasteiger partial charge in [0.1, 0.15) is 0 Å². The summed E-state index contributed by atoms with van der Waals surface area (Å²) < 4.78 is 0. The lowest BCUT2D eigenvalue weighted by Gasteiger charge is -2.31. The molecule has 1 heteroatoms. The lowest BCUT2D eigenvalue weighted by Crippen LogP contribution is -2.26. The van der Waals surface area contributed by atoms with Crippen LogP contribution in [0.25, 0.3) is 55.5 Å². The lowest BCUT2D eigenvalue weighted by molar-refractivity contribution is 0.801. The van der Waals surface area contributed by atoms with E-state index in [0.29, 0.717) is 0 Å². The molecule has 190 valence electrons. The van der Waals surface area contributed by atoms with Gasteiger partial charge < -0.3 is 0 Å². The minimum Gasteiger partial charge on any atom is -0.247 e. The van der Waals surface area contributed by atoms with Crippen LogP contribution in [0, 0.1) is 0 Å². The second-order valence-electron chi connectivity index (χ2n) is 11.1. The molecule has 1 heterocycles. The van der Waals surface area contributed by atoms with Crippen LogP contribution >= 0.6 is 0 Å². The average Bonchev–Trinajstić information content (AvgIpc) is 3.53. The van der Waals surface area contributed by atoms with Crippen LogP contribution in [0.4, 0.5) is 0 Å². The fourth-order valence-electron chi connectivity index (χ4n) is 7.48. The molecule has 0 saturated heterocycles. The molecule has 0 atom stereocenters. The third-order valence-corrected chi connectivity index (χ3v) is 9.09. The molecule has 41 heavy (non-hydrogen) atoms. The van der Waals surface area contributed by atoms with Crippen LogP contribution in [0.2, 0.25) is 0 Å². The SMILES string of the molecule is c1ccc(-c2ccc(-c3nc4ccccc4c4c3-c3ccccc3C43c4ccccc4-c4ccccc43)cc2)cc1. The Bertz CT molecular complexity index is 2090. The summed E-state index contributed by atoms with van der Waals surface area (Å²) in [5.41, 5.74) is 15.8. The maximum Gasteiger partial charge on any atom is 0.0791 e. The molecule has 0 amide bonds. The van der Waals surface area contributed by atoms with Crippen molar-refractivity contribution in [3.63, 3.8) is 0 Å². The summed E-state index contributed by atoms with van der Waals surface area (Å²) in [6.07, 6.45) is 0. The lowest BCUT2D eigenvalue weighted by atomic mass is 9.69. The number of para-hydroxylation sites is 1. The van der Waals surface area contributed by atoms with E-state index in [1.165, 1.54) is 61.0 Å². The van der Waals surface area contributed by atoms with Gasteiger partial charge in [0.05, 0.1) is 16.6 Å². The van der Waals surface area contributed by atoms with E-state index in [9.17, 15) is 0 Å². The second kappa shape index (κ2) is 8.36. The van der Waals surface area contributed by atoms with Crippen LogP contribution in [0.15, 0.2) is 152 Å². The monoisotopic (exact) mass is 519 g/mol. The molecule has 0 saturated carbocycles. The van der Waals surface area contributed by atoms with Gasteiger partial charge in [-0.25, -0.2) is 4.98 Å². The number of nitrogens with zero attached hydrogens (tertiary/aromatic N) is 1. The van der Waals surface area contributed by atoms with Gasteiger partial charge in [-0.1, -0.05) is 146 Å². The van der Waals surface area contributed by atoms with Gasteiger partial charge in [-0.3, -0.25) is 0 Å². The number of hydrogen-bond acceptors (Lipinski definition) is 1. The van der Waals surface area contributed by atoms with E-state index in [1.54, 1.807) is 0 Å². The third kappa shape index (κ3) is 2.93. The highest BCUT2D eigenvalue weighted by Crippen LogP contribution is 2.65. The number of hydrogen-bond donors (Lipinski definition) is 0. The zero-order valence-electron chi connectivity index (χ0n) is 22.4. The standard InChI is InChI=1S/C40H25N/c1-2-12-26(13-3-1)27-22-24-28(25-23-27)39-37-31-16-6-10-20-35(31)40(38(37)32-17-7-11-21-36(32)41-39)33-18-8-4-14-29(33)30-15-5-9-19-34(30)40/h1-25H. The fraction of sp³-hybridized carbons (Fsp3) is 0.0250. The largest absolute Gasteiger partial charge is 0.247 e. The van der Waals surface area contributed by atoms with Crippen LogP contribution < -0.4 is 0 Å². The van der Waals surface area contributed by atoms with E-state index in [1.807, 2.05) is 0 Å². The van der Waals surface area contributed by atoms with Gasteiger partial charge in [0.2, 0.25) is 0 Å². The van der Waals surface area contributed by atoms with Crippen LogP contribution in [0.3, 0.4) is 0 Å². The Hall–Kier alpha value is -5.27. The summed E-state index contributed by atoms with van der Waals surface area (Å²) in [6.45, 7) is 0. The molecule has 2 aliphatic rings. The van der Waals surface area contributed by atoms with E-state index >= 15 is 0 Å². The van der Waals surface area contributed by atoms with Crippen molar-refractivity contribution in [1.82, 2.24) is 4.98 Å². The van der Waals surface area contributed by atoms with Crippen LogP contribution in [0.5, 0.6) is 0 Å². The molecule has 0 bridgehead atoms. The Labute approximate surface area is 239 Å². The summed E-state index contributed by atoms with van der Waals surface area (Å²) in [7, 11) is 0. The van der Waals surface area contributed by atoms with E-state index in [2.05, 4.69) is 152 Å². The molecule has 0 N–H and O–H groups in total. The predicted molar refractivity (Wildman–Crippen MR) is 169 cm³/mol. The first kappa shape index (κ1) is 22.5. The number of pyridine rings is 1. The van der Waals surface area contributed by atoms with Crippen molar-refractivity contribution < 1.29 is 0 Å². The van der Waals surface area contributed by atoms with Gasteiger partial charge in [-0.05, 0) is 56.1 Å². The summed E-state index contributed by atoms with van der Waals surface area (Å²) >= 11 is 0. The fourth-order valence-corrected chi connectivity index (χ4v) is 7.48. The molecule has 0 radical (unpaired) electrons. The normalized spacial score (nSPS) is 13.6.